The lowest BCUT2D eigenvalue weighted by Gasteiger charge is -2.17. The molecule has 0 saturated heterocycles. The first-order valence-corrected chi connectivity index (χ1v) is 12.7. The number of aliphatic hydroxyl groups is 1. The maximum Gasteiger partial charge on any atom is 0.260 e. The second kappa shape index (κ2) is 11.7. The number of nitrogens with one attached hydrogen (secondary N) is 3. The van der Waals surface area contributed by atoms with Crippen LogP contribution >= 0.6 is 0 Å². The van der Waals surface area contributed by atoms with Crippen molar-refractivity contribution in [2.75, 3.05) is 30.4 Å². The molecule has 6 N–H and O–H groups in total. The number of fused-ring (bicyclic) bond motifs is 1. The number of anilines is 2. The summed E-state index contributed by atoms with van der Waals surface area (Å²) in [6, 6.07) is 13.6. The van der Waals surface area contributed by atoms with Gasteiger partial charge in [0.25, 0.3) is 5.88 Å². The van der Waals surface area contributed by atoms with Gasteiger partial charge in [-0.25, -0.2) is 18.6 Å². The smallest absolute Gasteiger partial charge is 0.260 e. The number of nitrogens with zero attached hydrogens (tertiary/aromatic N) is 5. The Bertz CT molecular complexity index is 1560. The molecule has 0 unspecified atom stereocenters. The molecule has 0 atom stereocenters. The number of allylic oxidation sites excluding steroid dienone is 2. The van der Waals surface area contributed by atoms with Crippen molar-refractivity contribution in [2.24, 2.45) is 17.8 Å². The summed E-state index contributed by atoms with van der Waals surface area (Å²) in [4.78, 5) is 4.75. The van der Waals surface area contributed by atoms with Crippen molar-refractivity contribution in [3.63, 3.8) is 0 Å². The van der Waals surface area contributed by atoms with E-state index in [1.807, 2.05) is 60.3 Å². The van der Waals surface area contributed by atoms with Crippen LogP contribution < -0.4 is 25.7 Å². The molecule has 0 fully saturated rings. The molecule has 0 spiro atoms. The molecule has 4 aromatic rings. The summed E-state index contributed by atoms with van der Waals surface area (Å²) in [5.41, 5.74) is 11.0. The third-order valence-corrected chi connectivity index (χ3v) is 6.12. The standard InChI is InChI=1S/C28H32N9O2/c1-35-13-14-36(19-35)11-4-10-31-20-6-8-21(9-7-20)32-24-18-25(23(30)17-22(24)29)33-27-26-5-2-3-12-37(26)34-28(27)39-16-15-38/h2-3,5-9,12-14,17-19,29,31-32,38H,4,10-11,15-16,30H2,1H3/q+1/b29-22?,33-25+. The number of benzene rings is 1. The maximum atomic E-state index is 9.20. The SMILES string of the molecule is C[n+]1ccn(CCCNc2ccc(NC3=C/C(=N\c4c(OCCO)nn5ccccc45)C(N)=CC3=N)cc2)c1. The molecule has 11 heteroatoms. The zero-order valence-corrected chi connectivity index (χ0v) is 21.7. The average molecular weight is 527 g/mol. The molecule has 0 saturated carbocycles. The van der Waals surface area contributed by atoms with Crippen LogP contribution in [0.25, 0.3) is 5.52 Å². The highest BCUT2D eigenvalue weighted by Gasteiger charge is 2.19. The molecule has 1 aromatic carbocycles. The quantitative estimate of drug-likeness (QED) is 0.116. The summed E-state index contributed by atoms with van der Waals surface area (Å²) < 4.78 is 11.5. The Kier molecular flexibility index (Phi) is 7.69. The largest absolute Gasteiger partial charge is 0.473 e. The highest BCUT2D eigenvalue weighted by atomic mass is 16.5. The Balaban J connectivity index is 1.28. The molecule has 1 aliphatic rings. The summed E-state index contributed by atoms with van der Waals surface area (Å²) >= 11 is 0. The molecule has 3 aromatic heterocycles. The predicted octanol–water partition coefficient (Wildman–Crippen LogP) is 2.78. The molecule has 0 bridgehead atoms. The van der Waals surface area contributed by atoms with Crippen LogP contribution in [0, 0.1) is 5.41 Å². The molecule has 0 amide bonds. The lowest BCUT2D eigenvalue weighted by Crippen LogP contribution is -2.23. The Labute approximate surface area is 226 Å². The Hall–Kier alpha value is -4.90. The second-order valence-electron chi connectivity index (χ2n) is 9.12. The Morgan fingerprint density at radius 3 is 2.72 bits per heavy atom. The van der Waals surface area contributed by atoms with Gasteiger partial charge < -0.3 is 26.2 Å². The number of aliphatic hydroxyl groups excluding tert-OH is 1. The second-order valence-corrected chi connectivity index (χ2v) is 9.12. The van der Waals surface area contributed by atoms with Crippen molar-refractivity contribution in [1.29, 1.82) is 5.41 Å². The van der Waals surface area contributed by atoms with Crippen molar-refractivity contribution in [2.45, 2.75) is 13.0 Å². The van der Waals surface area contributed by atoms with Crippen molar-refractivity contribution in [3.8, 4) is 5.88 Å². The van der Waals surface area contributed by atoms with E-state index in [9.17, 15) is 5.11 Å². The van der Waals surface area contributed by atoms with Crippen LogP contribution in [0.2, 0.25) is 0 Å². The predicted molar refractivity (Wildman–Crippen MR) is 152 cm³/mol. The van der Waals surface area contributed by atoms with Crippen LogP contribution in [0.15, 0.2) is 95.9 Å². The molecule has 200 valence electrons. The van der Waals surface area contributed by atoms with Crippen molar-refractivity contribution in [1.82, 2.24) is 14.2 Å². The summed E-state index contributed by atoms with van der Waals surface area (Å²) in [5.74, 6) is 0.296. The van der Waals surface area contributed by atoms with Gasteiger partial charge in [0.1, 0.15) is 19.0 Å². The molecule has 11 nitrogen and oxygen atoms in total. The van der Waals surface area contributed by atoms with E-state index in [4.69, 9.17) is 20.9 Å². The van der Waals surface area contributed by atoms with E-state index in [2.05, 4.69) is 32.8 Å². The normalized spacial score (nSPS) is 14.4. The van der Waals surface area contributed by atoms with Crippen molar-refractivity contribution in [3.05, 3.63) is 90.9 Å². The van der Waals surface area contributed by atoms with Gasteiger partial charge >= 0.3 is 0 Å². The molecule has 3 heterocycles. The molecular formula is C28H32N9O2+. The molecule has 0 radical (unpaired) electrons. The number of hydrogen-bond acceptors (Lipinski definition) is 8. The lowest BCUT2D eigenvalue weighted by molar-refractivity contribution is -0.671. The van der Waals surface area contributed by atoms with Gasteiger partial charge in [0, 0.05) is 30.5 Å². The number of ether oxygens (including phenoxy) is 1. The van der Waals surface area contributed by atoms with Gasteiger partial charge in [-0.3, -0.25) is 5.41 Å². The monoisotopic (exact) mass is 526 g/mol. The molecule has 5 rings (SSSR count). The van der Waals surface area contributed by atoms with Gasteiger partial charge in [0.2, 0.25) is 6.33 Å². The molecule has 39 heavy (non-hydrogen) atoms. The fourth-order valence-corrected chi connectivity index (χ4v) is 4.19. The van der Waals surface area contributed by atoms with Crippen molar-refractivity contribution < 1.29 is 14.4 Å². The molecule has 0 aliphatic heterocycles. The van der Waals surface area contributed by atoms with Gasteiger partial charge in [0.05, 0.1) is 48.5 Å². The highest BCUT2D eigenvalue weighted by Crippen LogP contribution is 2.33. The van der Waals surface area contributed by atoms with Gasteiger partial charge in [-0.15, -0.1) is 5.10 Å². The number of hydrogen-bond donors (Lipinski definition) is 5. The van der Waals surface area contributed by atoms with E-state index in [1.54, 1.807) is 22.9 Å². The molecule has 1 aliphatic carbocycles. The minimum Gasteiger partial charge on any atom is -0.473 e. The Morgan fingerprint density at radius 1 is 1.13 bits per heavy atom. The van der Waals surface area contributed by atoms with E-state index in [1.165, 1.54) is 0 Å². The average Bonchev–Trinajstić information content (AvgIpc) is 3.51. The van der Waals surface area contributed by atoms with Crippen LogP contribution in [-0.4, -0.2) is 50.5 Å². The minimum atomic E-state index is -0.141. The summed E-state index contributed by atoms with van der Waals surface area (Å²) in [7, 11) is 2.02. The number of nitrogens with two attached hydrogens (primary N) is 1. The van der Waals surface area contributed by atoms with Crippen LogP contribution in [0.1, 0.15) is 6.42 Å². The first kappa shape index (κ1) is 25.7. The van der Waals surface area contributed by atoms with E-state index >= 15 is 0 Å². The van der Waals surface area contributed by atoms with Crippen molar-refractivity contribution >= 4 is 34.0 Å². The topological polar surface area (TPSA) is 142 Å². The third-order valence-electron chi connectivity index (χ3n) is 6.12. The minimum absolute atomic E-state index is 0.0944. The van der Waals surface area contributed by atoms with Gasteiger partial charge in [-0.05, 0) is 48.6 Å². The summed E-state index contributed by atoms with van der Waals surface area (Å²) in [6.07, 6.45) is 12.3. The zero-order chi connectivity index (χ0) is 27.2. The summed E-state index contributed by atoms with van der Waals surface area (Å²) in [5, 5.41) is 28.8. The number of rotatable bonds is 11. The lowest BCUT2D eigenvalue weighted by atomic mass is 10.0. The van der Waals surface area contributed by atoms with Crippen LogP contribution in [0.5, 0.6) is 5.88 Å². The van der Waals surface area contributed by atoms with E-state index < -0.39 is 0 Å². The van der Waals surface area contributed by atoms with Gasteiger partial charge in [-0.1, -0.05) is 6.07 Å². The Morgan fingerprint density at radius 2 is 1.95 bits per heavy atom. The highest BCUT2D eigenvalue weighted by molar-refractivity contribution is 6.24. The van der Waals surface area contributed by atoms with Gasteiger partial charge in [-0.2, -0.15) is 0 Å². The van der Waals surface area contributed by atoms with Gasteiger partial charge in [0.15, 0.2) is 5.69 Å². The third kappa shape index (κ3) is 6.16. The zero-order valence-electron chi connectivity index (χ0n) is 21.7. The number of pyridine rings is 1. The fourth-order valence-electron chi connectivity index (χ4n) is 4.19. The van der Waals surface area contributed by atoms with Crippen LogP contribution in [-0.2, 0) is 13.6 Å². The van der Waals surface area contributed by atoms with E-state index in [0.717, 1.165) is 36.4 Å². The number of imidazole rings is 1. The number of aryl methyl sites for hydroxylation is 2. The fraction of sp³-hybridized carbons (Fsp3) is 0.214. The first-order chi connectivity index (χ1) is 19.0. The maximum absolute atomic E-state index is 9.20. The number of aliphatic imine (C=N–C) groups is 1. The summed E-state index contributed by atoms with van der Waals surface area (Å²) in [6.45, 7) is 1.77. The van der Waals surface area contributed by atoms with Crippen LogP contribution in [0.3, 0.4) is 0 Å². The first-order valence-electron chi connectivity index (χ1n) is 12.7. The van der Waals surface area contributed by atoms with E-state index in [0.29, 0.717) is 28.7 Å². The number of aromatic nitrogens is 4. The van der Waals surface area contributed by atoms with Crippen LogP contribution in [0.4, 0.5) is 17.1 Å². The molecular weight excluding hydrogens is 494 g/mol. The van der Waals surface area contributed by atoms with E-state index in [-0.39, 0.29) is 18.9 Å².